The summed E-state index contributed by atoms with van der Waals surface area (Å²) < 4.78 is 16.1. The van der Waals surface area contributed by atoms with Gasteiger partial charge in [-0.15, -0.1) is 0 Å². The summed E-state index contributed by atoms with van der Waals surface area (Å²) in [5.74, 6) is 1.90. The summed E-state index contributed by atoms with van der Waals surface area (Å²) in [7, 11) is 1.62. The van der Waals surface area contributed by atoms with Gasteiger partial charge in [-0.05, 0) is 38.1 Å². The smallest absolute Gasteiger partial charge is 0.325 e. The molecule has 0 N–H and O–H groups in total. The number of hydrogen-bond acceptors (Lipinski definition) is 5. The van der Waals surface area contributed by atoms with Gasteiger partial charge in [-0.25, -0.2) is 4.98 Å². The van der Waals surface area contributed by atoms with E-state index >= 15 is 0 Å². The Bertz CT molecular complexity index is 526. The van der Waals surface area contributed by atoms with E-state index in [0.29, 0.717) is 11.6 Å². The van der Waals surface area contributed by atoms with Gasteiger partial charge in [0.25, 0.3) is 0 Å². The molecule has 5 heteroatoms. The van der Waals surface area contributed by atoms with Crippen LogP contribution in [0.4, 0.5) is 0 Å². The Hall–Kier alpha value is -2.30. The molecule has 19 heavy (non-hydrogen) atoms. The van der Waals surface area contributed by atoms with Crippen molar-refractivity contribution in [1.29, 1.82) is 0 Å². The van der Waals surface area contributed by atoms with Gasteiger partial charge < -0.3 is 14.2 Å². The van der Waals surface area contributed by atoms with E-state index in [1.807, 2.05) is 26.0 Å². The second-order valence-corrected chi connectivity index (χ2v) is 4.12. The van der Waals surface area contributed by atoms with Crippen LogP contribution in [-0.4, -0.2) is 23.2 Å². The number of ether oxygens (including phenoxy) is 3. The van der Waals surface area contributed by atoms with Crippen molar-refractivity contribution in [1.82, 2.24) is 9.97 Å². The summed E-state index contributed by atoms with van der Waals surface area (Å²) in [5, 5.41) is 0. The molecule has 0 unspecified atom stereocenters. The van der Waals surface area contributed by atoms with E-state index in [0.717, 1.165) is 5.75 Å². The molecule has 0 bridgehead atoms. The standard InChI is InChI=1S/C14H16N2O3/c1-10(2)18-13-8-9-15-14(16-13)19-12-6-4-11(17-3)5-7-12/h4-10H,1-3H3. The summed E-state index contributed by atoms with van der Waals surface area (Å²) in [6.07, 6.45) is 1.66. The first-order valence-corrected chi connectivity index (χ1v) is 5.99. The molecular weight excluding hydrogens is 244 g/mol. The highest BCUT2D eigenvalue weighted by Crippen LogP contribution is 2.22. The van der Waals surface area contributed by atoms with E-state index < -0.39 is 0 Å². The molecule has 1 aromatic heterocycles. The first-order valence-electron chi connectivity index (χ1n) is 5.99. The Morgan fingerprint density at radius 1 is 1.00 bits per heavy atom. The van der Waals surface area contributed by atoms with Crippen molar-refractivity contribution >= 4 is 0 Å². The predicted octanol–water partition coefficient (Wildman–Crippen LogP) is 3.06. The number of hydrogen-bond donors (Lipinski definition) is 0. The van der Waals surface area contributed by atoms with Crippen LogP contribution in [0.1, 0.15) is 13.8 Å². The third kappa shape index (κ3) is 3.84. The topological polar surface area (TPSA) is 53.5 Å². The number of aromatic nitrogens is 2. The second-order valence-electron chi connectivity index (χ2n) is 4.12. The zero-order valence-electron chi connectivity index (χ0n) is 11.2. The van der Waals surface area contributed by atoms with E-state index in [2.05, 4.69) is 9.97 Å². The van der Waals surface area contributed by atoms with Crippen LogP contribution in [0, 0.1) is 0 Å². The van der Waals surface area contributed by atoms with Crippen molar-refractivity contribution in [3.8, 4) is 23.4 Å². The van der Waals surface area contributed by atoms with Crippen LogP contribution in [0.15, 0.2) is 36.5 Å². The van der Waals surface area contributed by atoms with Gasteiger partial charge in [0.15, 0.2) is 0 Å². The normalized spacial score (nSPS) is 10.3. The molecule has 0 aliphatic rings. The first-order chi connectivity index (χ1) is 9.17. The van der Waals surface area contributed by atoms with E-state index in [1.54, 1.807) is 31.5 Å². The molecule has 0 fully saturated rings. The number of methoxy groups -OCH3 is 1. The lowest BCUT2D eigenvalue weighted by Crippen LogP contribution is -2.07. The van der Waals surface area contributed by atoms with E-state index in [-0.39, 0.29) is 12.1 Å². The molecular formula is C14H16N2O3. The Labute approximate surface area is 112 Å². The molecule has 0 aliphatic heterocycles. The maximum absolute atomic E-state index is 5.54. The minimum absolute atomic E-state index is 0.0590. The zero-order valence-corrected chi connectivity index (χ0v) is 11.2. The second kappa shape index (κ2) is 6.04. The number of rotatable bonds is 5. The van der Waals surface area contributed by atoms with Gasteiger partial charge in [0.1, 0.15) is 11.5 Å². The lowest BCUT2D eigenvalue weighted by molar-refractivity contribution is 0.229. The van der Waals surface area contributed by atoms with Gasteiger partial charge in [0, 0.05) is 12.3 Å². The van der Waals surface area contributed by atoms with Crippen LogP contribution < -0.4 is 14.2 Å². The molecule has 0 saturated carbocycles. The largest absolute Gasteiger partial charge is 0.497 e. The highest BCUT2D eigenvalue weighted by Gasteiger charge is 2.04. The summed E-state index contributed by atoms with van der Waals surface area (Å²) in [6.45, 7) is 3.87. The van der Waals surface area contributed by atoms with Crippen molar-refractivity contribution in [2.45, 2.75) is 20.0 Å². The molecule has 2 aromatic rings. The number of nitrogens with zero attached hydrogens (tertiary/aromatic N) is 2. The Balaban J connectivity index is 2.09. The van der Waals surface area contributed by atoms with E-state index in [9.17, 15) is 0 Å². The predicted molar refractivity (Wildman–Crippen MR) is 70.9 cm³/mol. The van der Waals surface area contributed by atoms with Crippen molar-refractivity contribution in [2.24, 2.45) is 0 Å². The van der Waals surface area contributed by atoms with Crippen molar-refractivity contribution in [2.75, 3.05) is 7.11 Å². The number of benzene rings is 1. The van der Waals surface area contributed by atoms with Gasteiger partial charge in [-0.2, -0.15) is 4.98 Å². The lowest BCUT2D eigenvalue weighted by atomic mass is 10.3. The first kappa shape index (κ1) is 13.1. The average Bonchev–Trinajstić information content (AvgIpc) is 2.39. The third-order valence-electron chi connectivity index (χ3n) is 2.23. The molecule has 0 radical (unpaired) electrons. The summed E-state index contributed by atoms with van der Waals surface area (Å²) in [5.41, 5.74) is 0. The molecule has 5 nitrogen and oxygen atoms in total. The van der Waals surface area contributed by atoms with E-state index in [4.69, 9.17) is 14.2 Å². The quantitative estimate of drug-likeness (QED) is 0.827. The Kier molecular flexibility index (Phi) is 4.18. The minimum atomic E-state index is 0.0590. The molecule has 0 saturated heterocycles. The maximum atomic E-state index is 5.54. The molecule has 0 spiro atoms. The van der Waals surface area contributed by atoms with Crippen molar-refractivity contribution < 1.29 is 14.2 Å². The summed E-state index contributed by atoms with van der Waals surface area (Å²) >= 11 is 0. The highest BCUT2D eigenvalue weighted by atomic mass is 16.5. The Morgan fingerprint density at radius 3 is 2.32 bits per heavy atom. The third-order valence-corrected chi connectivity index (χ3v) is 2.23. The van der Waals surface area contributed by atoms with Crippen LogP contribution in [0.5, 0.6) is 23.4 Å². The molecule has 0 amide bonds. The SMILES string of the molecule is COc1ccc(Oc2nccc(OC(C)C)n2)cc1. The Morgan fingerprint density at radius 2 is 1.68 bits per heavy atom. The molecule has 1 aromatic carbocycles. The summed E-state index contributed by atoms with van der Waals surface area (Å²) in [4.78, 5) is 8.20. The van der Waals surface area contributed by atoms with Crippen LogP contribution >= 0.6 is 0 Å². The fourth-order valence-electron chi connectivity index (χ4n) is 1.43. The fraction of sp³-hybridized carbons (Fsp3) is 0.286. The van der Waals surface area contributed by atoms with Crippen molar-refractivity contribution in [3.05, 3.63) is 36.5 Å². The monoisotopic (exact) mass is 260 g/mol. The zero-order chi connectivity index (χ0) is 13.7. The van der Waals surface area contributed by atoms with Crippen LogP contribution in [0.3, 0.4) is 0 Å². The molecule has 0 atom stereocenters. The van der Waals surface area contributed by atoms with Gasteiger partial charge in [0.05, 0.1) is 13.2 Å². The van der Waals surface area contributed by atoms with Crippen LogP contribution in [0.2, 0.25) is 0 Å². The van der Waals surface area contributed by atoms with Gasteiger partial charge in [-0.3, -0.25) is 0 Å². The summed E-state index contributed by atoms with van der Waals surface area (Å²) in [6, 6.07) is 9.15. The van der Waals surface area contributed by atoms with Gasteiger partial charge in [0.2, 0.25) is 5.88 Å². The van der Waals surface area contributed by atoms with Gasteiger partial charge >= 0.3 is 6.01 Å². The fourth-order valence-corrected chi connectivity index (χ4v) is 1.43. The lowest BCUT2D eigenvalue weighted by Gasteiger charge is -2.09. The van der Waals surface area contributed by atoms with Crippen LogP contribution in [0.25, 0.3) is 0 Å². The molecule has 100 valence electrons. The van der Waals surface area contributed by atoms with Crippen molar-refractivity contribution in [3.63, 3.8) is 0 Å². The van der Waals surface area contributed by atoms with Crippen LogP contribution in [-0.2, 0) is 0 Å². The maximum Gasteiger partial charge on any atom is 0.325 e. The minimum Gasteiger partial charge on any atom is -0.497 e. The van der Waals surface area contributed by atoms with Gasteiger partial charge in [-0.1, -0.05) is 0 Å². The molecule has 1 heterocycles. The molecule has 2 rings (SSSR count). The molecule has 0 aliphatic carbocycles. The average molecular weight is 260 g/mol. The van der Waals surface area contributed by atoms with E-state index in [1.165, 1.54) is 0 Å². The highest BCUT2D eigenvalue weighted by molar-refractivity contribution is 5.32.